The number of ether oxygens (including phenoxy) is 1. The Hall–Kier alpha value is -5.80. The van der Waals surface area contributed by atoms with Gasteiger partial charge in [0.1, 0.15) is 11.5 Å². The van der Waals surface area contributed by atoms with E-state index in [-0.39, 0.29) is 12.3 Å². The number of aromatic nitrogens is 1. The van der Waals surface area contributed by atoms with Crippen molar-refractivity contribution in [2.45, 2.75) is 88.5 Å². The summed E-state index contributed by atoms with van der Waals surface area (Å²) in [5.74, 6) is 1.90. The lowest BCUT2D eigenvalue weighted by Crippen LogP contribution is -2.54. The van der Waals surface area contributed by atoms with Crippen LogP contribution < -0.4 is 15.7 Å². The summed E-state index contributed by atoms with van der Waals surface area (Å²) in [6.45, 7) is 27.0. The third kappa shape index (κ3) is 5.39. The van der Waals surface area contributed by atoms with E-state index in [4.69, 9.17) is 4.74 Å². The third-order valence-corrected chi connectivity index (χ3v) is 13.2. The van der Waals surface area contributed by atoms with Crippen LogP contribution in [0.3, 0.4) is 0 Å². The predicted molar refractivity (Wildman–Crippen MR) is 249 cm³/mol. The van der Waals surface area contributed by atoms with Gasteiger partial charge in [-0.15, -0.1) is 0 Å². The molecule has 8 aromatic rings. The zero-order valence-corrected chi connectivity index (χ0v) is 36.2. The van der Waals surface area contributed by atoms with Crippen molar-refractivity contribution in [2.24, 2.45) is 0 Å². The van der Waals surface area contributed by atoms with Gasteiger partial charge in [0.05, 0.1) is 0 Å². The largest absolute Gasteiger partial charge is 0.458 e. The Balaban J connectivity index is 1.33. The van der Waals surface area contributed by atoms with Crippen molar-refractivity contribution in [3.05, 3.63) is 153 Å². The SMILES string of the molecule is Cc1cc(C)c(-c2ccc3c(c2)Oc2cc(C(C)(C)C)cc4c2B3n2c3ccc(-c5c(C)cc(C)cc5C)cc3c3cc(-c5c(C)cc(C)cc5C)cc-4c32)c(C)c1. The summed E-state index contributed by atoms with van der Waals surface area (Å²) in [5.41, 5.74) is 28.2. The summed E-state index contributed by atoms with van der Waals surface area (Å²) >= 11 is 0. The number of hydrogen-bond acceptors (Lipinski definition) is 1. The van der Waals surface area contributed by atoms with E-state index >= 15 is 0 Å². The van der Waals surface area contributed by atoms with Gasteiger partial charge in [0.25, 0.3) is 0 Å². The summed E-state index contributed by atoms with van der Waals surface area (Å²) in [4.78, 5) is 0. The molecule has 2 aliphatic heterocycles. The number of benzene rings is 7. The smallest absolute Gasteiger partial charge is 0.336 e. The number of fused-ring (bicyclic) bond motifs is 7. The lowest BCUT2D eigenvalue weighted by molar-refractivity contribution is 0.483. The van der Waals surface area contributed by atoms with Gasteiger partial charge in [-0.05, 0) is 187 Å². The first-order valence-corrected chi connectivity index (χ1v) is 20.9. The van der Waals surface area contributed by atoms with Crippen LogP contribution in [-0.4, -0.2) is 11.3 Å². The first-order valence-electron chi connectivity index (χ1n) is 20.9. The molecule has 0 saturated heterocycles. The van der Waals surface area contributed by atoms with Crippen LogP contribution in [0.2, 0.25) is 0 Å². The molecule has 58 heavy (non-hydrogen) atoms. The second kappa shape index (κ2) is 12.6. The summed E-state index contributed by atoms with van der Waals surface area (Å²) in [5, 5.41) is 2.59. The minimum Gasteiger partial charge on any atom is -0.458 e. The second-order valence-electron chi connectivity index (χ2n) is 18.8. The average molecular weight is 754 g/mol. The highest BCUT2D eigenvalue weighted by Crippen LogP contribution is 2.48. The van der Waals surface area contributed by atoms with Crippen molar-refractivity contribution in [2.75, 3.05) is 0 Å². The van der Waals surface area contributed by atoms with Crippen molar-refractivity contribution in [3.63, 3.8) is 0 Å². The molecule has 0 radical (unpaired) electrons. The van der Waals surface area contributed by atoms with E-state index in [2.05, 4.69) is 185 Å². The molecule has 0 spiro atoms. The van der Waals surface area contributed by atoms with Gasteiger partial charge in [0, 0.05) is 32.8 Å². The summed E-state index contributed by atoms with van der Waals surface area (Å²) < 4.78 is 9.85. The van der Waals surface area contributed by atoms with E-state index in [0.717, 1.165) is 11.5 Å². The van der Waals surface area contributed by atoms with E-state index in [1.54, 1.807) is 0 Å². The van der Waals surface area contributed by atoms with E-state index < -0.39 is 0 Å². The molecule has 2 aliphatic rings. The standard InChI is InChI=1S/C55H52BNO/c1-29-17-32(4)50(33(5)18-29)38-14-16-47-42(23-38)44-24-40(52-36(8)21-31(3)22-37(52)9)25-45-43-27-41(55(10,11)12)28-49-53(43)56(57(47)54(44)45)46-15-13-39(26-48(46)58-49)51-34(6)19-30(2)20-35(51)7/h13-28H,1-12H3. The first-order chi connectivity index (χ1) is 27.6. The quantitative estimate of drug-likeness (QED) is 0.164. The molecule has 3 heteroatoms. The molecule has 0 atom stereocenters. The maximum absolute atomic E-state index is 7.19. The maximum Gasteiger partial charge on any atom is 0.336 e. The normalized spacial score (nSPS) is 12.9. The summed E-state index contributed by atoms with van der Waals surface area (Å²) in [6.07, 6.45) is 0. The van der Waals surface area contributed by atoms with Crippen LogP contribution in [-0.2, 0) is 5.41 Å². The molecule has 0 N–H and O–H groups in total. The molecule has 7 aromatic carbocycles. The van der Waals surface area contributed by atoms with Gasteiger partial charge in [-0.3, -0.25) is 0 Å². The van der Waals surface area contributed by atoms with Crippen molar-refractivity contribution in [1.82, 2.24) is 4.48 Å². The summed E-state index contributed by atoms with van der Waals surface area (Å²) in [6, 6.07) is 37.9. The highest BCUT2D eigenvalue weighted by molar-refractivity contribution is 6.88. The highest BCUT2D eigenvalue weighted by Gasteiger charge is 2.42. The van der Waals surface area contributed by atoms with Crippen LogP contribution >= 0.6 is 0 Å². The zero-order chi connectivity index (χ0) is 40.7. The van der Waals surface area contributed by atoms with Gasteiger partial charge in [-0.25, -0.2) is 0 Å². The molecular formula is C55H52BNO. The molecule has 286 valence electrons. The van der Waals surface area contributed by atoms with Gasteiger partial charge >= 0.3 is 6.85 Å². The van der Waals surface area contributed by atoms with Gasteiger partial charge in [-0.1, -0.05) is 98.1 Å². The maximum atomic E-state index is 7.19. The molecule has 0 saturated carbocycles. The Labute approximate surface area is 344 Å². The van der Waals surface area contributed by atoms with Crippen molar-refractivity contribution >= 4 is 39.6 Å². The molecule has 0 unspecified atom stereocenters. The molecule has 0 fully saturated rings. The van der Waals surface area contributed by atoms with Gasteiger partial charge < -0.3 is 9.21 Å². The third-order valence-electron chi connectivity index (χ3n) is 13.2. The number of nitrogens with zero attached hydrogens (tertiary/aromatic N) is 1. The minimum atomic E-state index is -0.0771. The molecular weight excluding hydrogens is 701 g/mol. The van der Waals surface area contributed by atoms with Crippen LogP contribution in [0.1, 0.15) is 76.4 Å². The van der Waals surface area contributed by atoms with Gasteiger partial charge in [0.15, 0.2) is 0 Å². The second-order valence-corrected chi connectivity index (χ2v) is 18.8. The fourth-order valence-corrected chi connectivity index (χ4v) is 11.1. The van der Waals surface area contributed by atoms with Crippen molar-refractivity contribution in [3.8, 4) is 56.0 Å². The molecule has 1 aromatic heterocycles. The van der Waals surface area contributed by atoms with Crippen LogP contribution in [0.25, 0.3) is 66.3 Å². The van der Waals surface area contributed by atoms with E-state index in [9.17, 15) is 0 Å². The van der Waals surface area contributed by atoms with Crippen LogP contribution in [0.4, 0.5) is 0 Å². The zero-order valence-electron chi connectivity index (χ0n) is 36.2. The van der Waals surface area contributed by atoms with E-state index in [1.807, 2.05) is 0 Å². The van der Waals surface area contributed by atoms with Crippen LogP contribution in [0.5, 0.6) is 11.5 Å². The minimum absolute atomic E-state index is 0.0491. The van der Waals surface area contributed by atoms with Crippen LogP contribution in [0, 0.1) is 62.3 Å². The van der Waals surface area contributed by atoms with E-state index in [1.165, 1.54) is 133 Å². The summed E-state index contributed by atoms with van der Waals surface area (Å²) in [7, 11) is 0. The predicted octanol–water partition coefficient (Wildman–Crippen LogP) is 13.6. The topological polar surface area (TPSA) is 14.2 Å². The Bertz CT molecular complexity index is 3040. The Morgan fingerprint density at radius 2 is 0.966 bits per heavy atom. The first kappa shape index (κ1) is 36.5. The van der Waals surface area contributed by atoms with E-state index in [0.29, 0.717) is 0 Å². The molecule has 3 heterocycles. The van der Waals surface area contributed by atoms with Crippen molar-refractivity contribution in [1.29, 1.82) is 0 Å². The molecule has 0 aliphatic carbocycles. The number of aryl methyl sites for hydroxylation is 9. The Morgan fingerprint density at radius 1 is 0.466 bits per heavy atom. The monoisotopic (exact) mass is 753 g/mol. The lowest BCUT2D eigenvalue weighted by Gasteiger charge is -2.35. The Kier molecular flexibility index (Phi) is 7.94. The fourth-order valence-electron chi connectivity index (χ4n) is 11.1. The number of hydrogen-bond donors (Lipinski definition) is 0. The van der Waals surface area contributed by atoms with Crippen molar-refractivity contribution < 1.29 is 4.74 Å². The van der Waals surface area contributed by atoms with Gasteiger partial charge in [-0.2, -0.15) is 0 Å². The molecule has 0 amide bonds. The van der Waals surface area contributed by atoms with Gasteiger partial charge in [0.2, 0.25) is 0 Å². The lowest BCUT2D eigenvalue weighted by atomic mass is 9.46. The molecule has 0 bridgehead atoms. The fraction of sp³-hybridized carbons (Fsp3) is 0.236. The van der Waals surface area contributed by atoms with Crippen LogP contribution in [0.15, 0.2) is 97.1 Å². The number of rotatable bonds is 3. The molecule has 10 rings (SSSR count). The molecule has 2 nitrogen and oxygen atoms in total. The average Bonchev–Trinajstić information content (AvgIpc) is 3.45. The Morgan fingerprint density at radius 3 is 1.52 bits per heavy atom. The highest BCUT2D eigenvalue weighted by atomic mass is 16.5.